The number of rotatable bonds is 3. The van der Waals surface area contributed by atoms with Gasteiger partial charge >= 0.3 is 0 Å². The third kappa shape index (κ3) is 3.55. The Morgan fingerprint density at radius 2 is 1.82 bits per heavy atom. The van der Waals surface area contributed by atoms with Gasteiger partial charge in [-0.25, -0.2) is 0 Å². The minimum Gasteiger partial charge on any atom is -0.339 e. The Labute approximate surface area is 132 Å². The molecule has 0 atom stereocenters. The molecule has 22 heavy (non-hydrogen) atoms. The van der Waals surface area contributed by atoms with Gasteiger partial charge in [0.15, 0.2) is 5.82 Å². The third-order valence-corrected chi connectivity index (χ3v) is 4.33. The van der Waals surface area contributed by atoms with Crippen LogP contribution in [-0.2, 0) is 12.0 Å². The lowest BCUT2D eigenvalue weighted by Crippen LogP contribution is -2.32. The van der Waals surface area contributed by atoms with Crippen molar-refractivity contribution < 1.29 is 4.52 Å². The average molecular weight is 299 g/mol. The molecule has 0 N–H and O–H groups in total. The van der Waals surface area contributed by atoms with E-state index in [1.54, 1.807) is 0 Å². The summed E-state index contributed by atoms with van der Waals surface area (Å²) in [7, 11) is 0. The fraction of sp³-hybridized carbons (Fsp3) is 0.556. The second-order valence-electron chi connectivity index (χ2n) is 7.23. The summed E-state index contributed by atoms with van der Waals surface area (Å²) in [6, 6.07) is 10.8. The van der Waals surface area contributed by atoms with Gasteiger partial charge < -0.3 is 4.52 Å². The van der Waals surface area contributed by atoms with E-state index >= 15 is 0 Å². The number of nitrogens with zero attached hydrogens (tertiary/aromatic N) is 3. The van der Waals surface area contributed by atoms with E-state index in [4.69, 9.17) is 4.52 Å². The quantitative estimate of drug-likeness (QED) is 0.865. The van der Waals surface area contributed by atoms with Gasteiger partial charge in [-0.15, -0.1) is 0 Å². The average Bonchev–Trinajstić information content (AvgIpc) is 2.98. The van der Waals surface area contributed by atoms with Gasteiger partial charge in [-0.3, -0.25) is 4.90 Å². The molecule has 118 valence electrons. The third-order valence-electron chi connectivity index (χ3n) is 4.33. The van der Waals surface area contributed by atoms with Gasteiger partial charge in [0, 0.05) is 5.41 Å². The Balaban J connectivity index is 1.55. The number of hydrogen-bond acceptors (Lipinski definition) is 4. The Bertz CT molecular complexity index is 592. The molecule has 1 aliphatic rings. The molecule has 1 aromatic heterocycles. The molecule has 3 rings (SSSR count). The van der Waals surface area contributed by atoms with Crippen molar-refractivity contribution in [3.8, 4) is 0 Å². The molecule has 0 radical (unpaired) electrons. The Morgan fingerprint density at radius 3 is 2.41 bits per heavy atom. The van der Waals surface area contributed by atoms with E-state index in [2.05, 4.69) is 66.1 Å². The summed E-state index contributed by atoms with van der Waals surface area (Å²) in [6.45, 7) is 9.26. The number of likely N-dealkylation sites (tertiary alicyclic amines) is 1. The van der Waals surface area contributed by atoms with Crippen molar-refractivity contribution in [2.24, 2.45) is 0 Å². The van der Waals surface area contributed by atoms with Crippen molar-refractivity contribution in [2.75, 3.05) is 13.1 Å². The molecule has 0 amide bonds. The van der Waals surface area contributed by atoms with Gasteiger partial charge in [-0.1, -0.05) is 56.3 Å². The van der Waals surface area contributed by atoms with Crippen molar-refractivity contribution >= 4 is 0 Å². The summed E-state index contributed by atoms with van der Waals surface area (Å²) >= 11 is 0. The molecule has 0 saturated carbocycles. The molecule has 1 aliphatic heterocycles. The predicted octanol–water partition coefficient (Wildman–Crippen LogP) is 3.75. The highest BCUT2D eigenvalue weighted by Gasteiger charge is 2.24. The smallest absolute Gasteiger partial charge is 0.232 e. The van der Waals surface area contributed by atoms with Gasteiger partial charge in [0.2, 0.25) is 5.89 Å². The van der Waals surface area contributed by atoms with Crippen LogP contribution in [0.15, 0.2) is 34.9 Å². The van der Waals surface area contributed by atoms with E-state index in [9.17, 15) is 0 Å². The number of benzene rings is 1. The van der Waals surface area contributed by atoms with Crippen LogP contribution >= 0.6 is 0 Å². The van der Waals surface area contributed by atoms with Crippen LogP contribution in [0.4, 0.5) is 0 Å². The first-order valence-electron chi connectivity index (χ1n) is 8.13. The van der Waals surface area contributed by atoms with Crippen molar-refractivity contribution in [3.63, 3.8) is 0 Å². The van der Waals surface area contributed by atoms with E-state index in [1.807, 2.05) is 0 Å². The van der Waals surface area contributed by atoms with E-state index in [1.165, 1.54) is 18.4 Å². The summed E-state index contributed by atoms with van der Waals surface area (Å²) in [5.74, 6) is 2.22. The SMILES string of the molecule is CC(C)(C)c1nc(CN2CCC(c3ccccc3)CC2)no1. The van der Waals surface area contributed by atoms with Crippen molar-refractivity contribution in [3.05, 3.63) is 47.6 Å². The maximum absolute atomic E-state index is 5.37. The molecule has 0 aliphatic carbocycles. The van der Waals surface area contributed by atoms with Crippen LogP contribution in [-0.4, -0.2) is 28.1 Å². The highest BCUT2D eigenvalue weighted by molar-refractivity contribution is 5.20. The number of hydrogen-bond donors (Lipinski definition) is 0. The van der Waals surface area contributed by atoms with Crippen LogP contribution in [0, 0.1) is 0 Å². The Morgan fingerprint density at radius 1 is 1.14 bits per heavy atom. The first-order valence-corrected chi connectivity index (χ1v) is 8.13. The maximum atomic E-state index is 5.37. The second kappa shape index (κ2) is 6.21. The van der Waals surface area contributed by atoms with Crippen LogP contribution in [0.5, 0.6) is 0 Å². The maximum Gasteiger partial charge on any atom is 0.232 e. The van der Waals surface area contributed by atoms with E-state index in [0.29, 0.717) is 5.92 Å². The summed E-state index contributed by atoms with van der Waals surface area (Å²) in [5, 5.41) is 4.13. The van der Waals surface area contributed by atoms with Crippen molar-refractivity contribution in [2.45, 2.75) is 51.5 Å². The molecule has 0 unspecified atom stereocenters. The molecule has 0 spiro atoms. The van der Waals surface area contributed by atoms with Crippen molar-refractivity contribution in [1.29, 1.82) is 0 Å². The zero-order chi connectivity index (χ0) is 15.6. The molecule has 0 bridgehead atoms. The lowest BCUT2D eigenvalue weighted by atomic mass is 9.89. The van der Waals surface area contributed by atoms with E-state index in [-0.39, 0.29) is 5.41 Å². The summed E-state index contributed by atoms with van der Waals surface area (Å²) < 4.78 is 5.37. The van der Waals surface area contributed by atoms with Crippen LogP contribution < -0.4 is 0 Å². The predicted molar refractivity (Wildman–Crippen MR) is 86.7 cm³/mol. The molecular formula is C18H25N3O. The molecule has 4 heteroatoms. The first kappa shape index (κ1) is 15.2. The number of piperidine rings is 1. The molecule has 1 saturated heterocycles. The molecule has 2 aromatic rings. The largest absolute Gasteiger partial charge is 0.339 e. The van der Waals surface area contributed by atoms with E-state index < -0.39 is 0 Å². The van der Waals surface area contributed by atoms with Gasteiger partial charge in [-0.2, -0.15) is 4.98 Å². The molecule has 2 heterocycles. The van der Waals surface area contributed by atoms with Crippen molar-refractivity contribution in [1.82, 2.24) is 15.0 Å². The standard InChI is InChI=1S/C18H25N3O/c1-18(2,3)17-19-16(20-22-17)13-21-11-9-15(10-12-21)14-7-5-4-6-8-14/h4-8,15H,9-13H2,1-3H3. The van der Waals surface area contributed by atoms with E-state index in [0.717, 1.165) is 31.3 Å². The molecular weight excluding hydrogens is 274 g/mol. The second-order valence-corrected chi connectivity index (χ2v) is 7.23. The van der Waals surface area contributed by atoms with Gasteiger partial charge in [0.1, 0.15) is 0 Å². The minimum absolute atomic E-state index is 0.0778. The van der Waals surface area contributed by atoms with Crippen LogP contribution in [0.3, 0.4) is 0 Å². The summed E-state index contributed by atoms with van der Waals surface area (Å²) in [5.41, 5.74) is 1.39. The Hall–Kier alpha value is -1.68. The fourth-order valence-corrected chi connectivity index (χ4v) is 2.97. The van der Waals surface area contributed by atoms with Crippen LogP contribution in [0.2, 0.25) is 0 Å². The Kier molecular flexibility index (Phi) is 4.30. The lowest BCUT2D eigenvalue weighted by molar-refractivity contribution is 0.197. The highest BCUT2D eigenvalue weighted by Crippen LogP contribution is 2.28. The topological polar surface area (TPSA) is 42.2 Å². The van der Waals surface area contributed by atoms with Gasteiger partial charge in [-0.05, 0) is 37.4 Å². The first-order chi connectivity index (χ1) is 10.5. The van der Waals surface area contributed by atoms with Gasteiger partial charge in [0.05, 0.1) is 6.54 Å². The highest BCUT2D eigenvalue weighted by atomic mass is 16.5. The van der Waals surface area contributed by atoms with Crippen LogP contribution in [0.1, 0.15) is 56.8 Å². The zero-order valence-electron chi connectivity index (χ0n) is 13.7. The summed E-state index contributed by atoms with van der Waals surface area (Å²) in [6.07, 6.45) is 2.40. The molecule has 4 nitrogen and oxygen atoms in total. The lowest BCUT2D eigenvalue weighted by Gasteiger charge is -2.31. The number of aromatic nitrogens is 2. The minimum atomic E-state index is -0.0778. The zero-order valence-corrected chi connectivity index (χ0v) is 13.7. The monoisotopic (exact) mass is 299 g/mol. The fourth-order valence-electron chi connectivity index (χ4n) is 2.97. The molecule has 1 aromatic carbocycles. The molecule has 1 fully saturated rings. The normalized spacial score (nSPS) is 17.8. The summed E-state index contributed by atoms with van der Waals surface area (Å²) in [4.78, 5) is 6.96. The van der Waals surface area contributed by atoms with Crippen LogP contribution in [0.25, 0.3) is 0 Å². The van der Waals surface area contributed by atoms with Gasteiger partial charge in [0.25, 0.3) is 0 Å².